The number of hydrogen-bond donors (Lipinski definition) is 0. The van der Waals surface area contributed by atoms with E-state index in [9.17, 15) is 0 Å². The van der Waals surface area contributed by atoms with Gasteiger partial charge < -0.3 is 14.4 Å². The van der Waals surface area contributed by atoms with E-state index in [1.54, 1.807) is 7.11 Å². The fourth-order valence-corrected chi connectivity index (χ4v) is 2.31. The van der Waals surface area contributed by atoms with Gasteiger partial charge in [0.1, 0.15) is 12.4 Å². The topological polar surface area (TPSA) is 21.7 Å². The van der Waals surface area contributed by atoms with Crippen LogP contribution in [0.4, 0.5) is 0 Å². The Balaban J connectivity index is 4.64. The predicted octanol–water partition coefficient (Wildman–Crippen LogP) is 5.13. The molecule has 0 heterocycles. The number of allylic oxidation sites excluding steroid dienone is 2. The lowest BCUT2D eigenvalue weighted by molar-refractivity contribution is 0.0433. The molecular formula is C19H37NO2. The van der Waals surface area contributed by atoms with Crippen molar-refractivity contribution in [1.29, 1.82) is 0 Å². The van der Waals surface area contributed by atoms with Gasteiger partial charge in [-0.25, -0.2) is 0 Å². The van der Waals surface area contributed by atoms with Crippen LogP contribution in [0.25, 0.3) is 0 Å². The van der Waals surface area contributed by atoms with E-state index in [1.807, 2.05) is 13.8 Å². The van der Waals surface area contributed by atoms with Gasteiger partial charge in [-0.15, -0.1) is 6.58 Å². The fraction of sp³-hybridized carbons (Fsp3) is 0.789. The number of methoxy groups -OCH3 is 1. The van der Waals surface area contributed by atoms with E-state index >= 15 is 0 Å². The lowest BCUT2D eigenvalue weighted by Crippen LogP contribution is -2.36. The van der Waals surface area contributed by atoms with Crippen LogP contribution in [0.3, 0.4) is 0 Å². The van der Waals surface area contributed by atoms with Crippen LogP contribution in [0.15, 0.2) is 24.1 Å². The Kier molecular flexibility index (Phi) is 11.1. The van der Waals surface area contributed by atoms with Crippen molar-refractivity contribution in [3.63, 3.8) is 0 Å². The first-order valence-corrected chi connectivity index (χ1v) is 8.57. The Labute approximate surface area is 138 Å². The van der Waals surface area contributed by atoms with Gasteiger partial charge >= 0.3 is 0 Å². The Hall–Kier alpha value is -0.960. The second-order valence-electron chi connectivity index (χ2n) is 6.50. The minimum atomic E-state index is 0.119. The van der Waals surface area contributed by atoms with Crippen LogP contribution >= 0.6 is 0 Å². The first-order valence-electron chi connectivity index (χ1n) is 8.57. The number of ether oxygens (including phenoxy) is 2. The molecule has 0 spiro atoms. The molecule has 0 aliphatic carbocycles. The first-order chi connectivity index (χ1) is 10.3. The summed E-state index contributed by atoms with van der Waals surface area (Å²) in [7, 11) is 1.71. The molecule has 0 saturated heterocycles. The van der Waals surface area contributed by atoms with Gasteiger partial charge in [0.15, 0.2) is 0 Å². The third kappa shape index (κ3) is 9.14. The van der Waals surface area contributed by atoms with Gasteiger partial charge in [-0.05, 0) is 60.3 Å². The molecule has 0 aliphatic heterocycles. The summed E-state index contributed by atoms with van der Waals surface area (Å²) in [5.41, 5.74) is 1.27. The fourth-order valence-electron chi connectivity index (χ4n) is 2.31. The third-order valence-corrected chi connectivity index (χ3v) is 4.11. The van der Waals surface area contributed by atoms with Gasteiger partial charge in [-0.3, -0.25) is 0 Å². The highest BCUT2D eigenvalue weighted by Crippen LogP contribution is 2.18. The standard InChI is InChI=1S/C19H37NO2/c1-9-16(4)20(17(5)12-10-11-15(2)3)13-18(6)22-14-19(7)21-8/h13,16-17,19H,2,9-12,14H2,1,3-8H3/b18-13+. The second-order valence-corrected chi connectivity index (χ2v) is 6.50. The number of rotatable bonds is 12. The van der Waals surface area contributed by atoms with Gasteiger partial charge in [0.05, 0.1) is 6.10 Å². The molecule has 3 atom stereocenters. The number of hydrogen-bond acceptors (Lipinski definition) is 3. The van der Waals surface area contributed by atoms with Crippen molar-refractivity contribution in [3.8, 4) is 0 Å². The Morgan fingerprint density at radius 1 is 1.18 bits per heavy atom. The maximum absolute atomic E-state index is 5.79. The van der Waals surface area contributed by atoms with Crippen LogP contribution in [-0.4, -0.2) is 36.8 Å². The van der Waals surface area contributed by atoms with E-state index in [0.29, 0.717) is 18.7 Å². The lowest BCUT2D eigenvalue weighted by atomic mass is 10.0. The van der Waals surface area contributed by atoms with Gasteiger partial charge in [-0.2, -0.15) is 0 Å². The summed E-state index contributed by atoms with van der Waals surface area (Å²) >= 11 is 0. The SMILES string of the molecule is C=C(C)CCCC(C)N(/C=C(\C)OCC(C)OC)C(C)CC. The smallest absolute Gasteiger partial charge is 0.114 e. The summed E-state index contributed by atoms with van der Waals surface area (Å²) in [6.45, 7) is 17.5. The van der Waals surface area contributed by atoms with E-state index in [-0.39, 0.29) is 6.10 Å². The highest BCUT2D eigenvalue weighted by Gasteiger charge is 2.16. The summed E-state index contributed by atoms with van der Waals surface area (Å²) in [5.74, 6) is 0.955. The zero-order valence-electron chi connectivity index (χ0n) is 15.8. The summed E-state index contributed by atoms with van der Waals surface area (Å²) in [6, 6.07) is 1.02. The molecule has 0 amide bonds. The van der Waals surface area contributed by atoms with Crippen molar-refractivity contribution in [2.24, 2.45) is 0 Å². The Morgan fingerprint density at radius 3 is 2.32 bits per heavy atom. The van der Waals surface area contributed by atoms with Gasteiger partial charge in [-0.1, -0.05) is 12.5 Å². The van der Waals surface area contributed by atoms with Crippen LogP contribution in [0, 0.1) is 0 Å². The largest absolute Gasteiger partial charge is 0.494 e. The van der Waals surface area contributed by atoms with E-state index in [0.717, 1.165) is 18.6 Å². The average molecular weight is 312 g/mol. The molecule has 0 bridgehead atoms. The van der Waals surface area contributed by atoms with Crippen molar-refractivity contribution in [2.75, 3.05) is 13.7 Å². The van der Waals surface area contributed by atoms with Crippen LogP contribution in [0.5, 0.6) is 0 Å². The highest BCUT2D eigenvalue weighted by atomic mass is 16.5. The van der Waals surface area contributed by atoms with E-state index in [2.05, 4.69) is 45.4 Å². The normalized spacial score (nSPS) is 16.0. The lowest BCUT2D eigenvalue weighted by Gasteiger charge is -2.34. The third-order valence-electron chi connectivity index (χ3n) is 4.11. The summed E-state index contributed by atoms with van der Waals surface area (Å²) < 4.78 is 11.0. The van der Waals surface area contributed by atoms with Crippen molar-refractivity contribution < 1.29 is 9.47 Å². The van der Waals surface area contributed by atoms with Crippen molar-refractivity contribution in [2.45, 2.75) is 85.4 Å². The molecule has 0 saturated carbocycles. The average Bonchev–Trinajstić information content (AvgIpc) is 2.48. The van der Waals surface area contributed by atoms with Crippen molar-refractivity contribution in [1.82, 2.24) is 4.90 Å². The van der Waals surface area contributed by atoms with Crippen LogP contribution in [0.1, 0.15) is 67.2 Å². The Bertz CT molecular complexity index is 338. The molecule has 3 unspecified atom stereocenters. The van der Waals surface area contributed by atoms with Crippen LogP contribution in [0.2, 0.25) is 0 Å². The minimum Gasteiger partial charge on any atom is -0.494 e. The van der Waals surface area contributed by atoms with E-state index in [1.165, 1.54) is 18.4 Å². The second kappa shape index (κ2) is 11.6. The number of nitrogens with zero attached hydrogens (tertiary/aromatic N) is 1. The predicted molar refractivity (Wildman–Crippen MR) is 95.9 cm³/mol. The monoisotopic (exact) mass is 311 g/mol. The molecule has 0 rings (SSSR count). The molecule has 0 N–H and O–H groups in total. The summed E-state index contributed by atoms with van der Waals surface area (Å²) in [6.07, 6.45) is 6.90. The molecule has 0 fully saturated rings. The van der Waals surface area contributed by atoms with Gasteiger partial charge in [0, 0.05) is 25.4 Å². The molecule has 3 heteroatoms. The molecule has 0 radical (unpaired) electrons. The maximum atomic E-state index is 5.79. The maximum Gasteiger partial charge on any atom is 0.114 e. The summed E-state index contributed by atoms with van der Waals surface area (Å²) in [5, 5.41) is 0. The zero-order chi connectivity index (χ0) is 17.1. The quantitative estimate of drug-likeness (QED) is 0.368. The highest BCUT2D eigenvalue weighted by molar-refractivity contribution is 4.94. The molecule has 0 aromatic rings. The molecule has 0 aromatic heterocycles. The first kappa shape index (κ1) is 21.0. The zero-order valence-corrected chi connectivity index (χ0v) is 15.8. The molecule has 0 aromatic carbocycles. The summed E-state index contributed by atoms with van der Waals surface area (Å²) in [4.78, 5) is 2.44. The van der Waals surface area contributed by atoms with E-state index in [4.69, 9.17) is 9.47 Å². The van der Waals surface area contributed by atoms with Crippen LogP contribution < -0.4 is 0 Å². The Morgan fingerprint density at radius 2 is 1.82 bits per heavy atom. The minimum absolute atomic E-state index is 0.119. The van der Waals surface area contributed by atoms with Gasteiger partial charge in [0.2, 0.25) is 0 Å². The van der Waals surface area contributed by atoms with Crippen molar-refractivity contribution >= 4 is 0 Å². The van der Waals surface area contributed by atoms with Crippen LogP contribution in [-0.2, 0) is 9.47 Å². The van der Waals surface area contributed by atoms with Crippen molar-refractivity contribution in [3.05, 3.63) is 24.1 Å². The molecular weight excluding hydrogens is 274 g/mol. The molecule has 130 valence electrons. The van der Waals surface area contributed by atoms with E-state index < -0.39 is 0 Å². The molecule has 22 heavy (non-hydrogen) atoms. The molecule has 0 aliphatic rings. The van der Waals surface area contributed by atoms with Gasteiger partial charge in [0.25, 0.3) is 0 Å². The molecule has 3 nitrogen and oxygen atoms in total.